The van der Waals surface area contributed by atoms with Gasteiger partial charge in [0.15, 0.2) is 0 Å². The summed E-state index contributed by atoms with van der Waals surface area (Å²) in [6, 6.07) is 10.9. The molecule has 2 saturated heterocycles. The lowest BCUT2D eigenvalue weighted by Crippen LogP contribution is -2.50. The van der Waals surface area contributed by atoms with E-state index in [1.54, 1.807) is 24.5 Å². The molecule has 2 aliphatic rings. The van der Waals surface area contributed by atoms with Crippen molar-refractivity contribution in [2.75, 3.05) is 51.3 Å². The fourth-order valence-electron chi connectivity index (χ4n) is 4.26. The van der Waals surface area contributed by atoms with E-state index in [9.17, 15) is 9.18 Å². The van der Waals surface area contributed by atoms with Gasteiger partial charge in [-0.25, -0.2) is 14.4 Å². The van der Waals surface area contributed by atoms with Gasteiger partial charge in [-0.15, -0.1) is 0 Å². The van der Waals surface area contributed by atoms with Gasteiger partial charge in [0.1, 0.15) is 18.6 Å². The van der Waals surface area contributed by atoms with Crippen molar-refractivity contribution in [2.24, 2.45) is 0 Å². The van der Waals surface area contributed by atoms with Gasteiger partial charge in [0.05, 0.1) is 0 Å². The molecule has 1 amide bonds. The molecular formula is C26H28FN7O2. The van der Waals surface area contributed by atoms with Crippen molar-refractivity contribution in [1.82, 2.24) is 25.5 Å². The Kier molecular flexibility index (Phi) is 7.15. The van der Waals surface area contributed by atoms with E-state index in [-0.39, 0.29) is 12.0 Å². The van der Waals surface area contributed by atoms with Crippen LogP contribution in [0.4, 0.5) is 10.2 Å². The lowest BCUT2D eigenvalue weighted by atomic mass is 10.00. The van der Waals surface area contributed by atoms with Crippen LogP contribution < -0.4 is 20.7 Å². The van der Waals surface area contributed by atoms with E-state index in [2.05, 4.69) is 25.9 Å². The van der Waals surface area contributed by atoms with Crippen LogP contribution in [-0.2, 0) is 0 Å². The maximum absolute atomic E-state index is 12.9. The molecular weight excluding hydrogens is 461 g/mol. The number of alkyl halides is 1. The van der Waals surface area contributed by atoms with Crippen molar-refractivity contribution >= 4 is 34.3 Å². The van der Waals surface area contributed by atoms with Gasteiger partial charge in [-0.2, -0.15) is 0 Å². The van der Waals surface area contributed by atoms with E-state index in [1.165, 1.54) is 6.21 Å². The Morgan fingerprint density at radius 3 is 2.86 bits per heavy atom. The topological polar surface area (TPSA) is 115 Å². The molecule has 0 unspecified atom stereocenters. The van der Waals surface area contributed by atoms with Crippen LogP contribution in [0.5, 0.6) is 5.88 Å². The maximum atomic E-state index is 12.9. The van der Waals surface area contributed by atoms with Crippen LogP contribution in [0.3, 0.4) is 0 Å². The molecule has 5 rings (SSSR count). The number of carbonyl (C=O) groups is 1. The number of piperazine rings is 1. The summed E-state index contributed by atoms with van der Waals surface area (Å²) in [4.78, 5) is 23.5. The first-order chi connectivity index (χ1) is 17.6. The fourth-order valence-corrected chi connectivity index (χ4v) is 4.26. The van der Waals surface area contributed by atoms with Crippen LogP contribution in [-0.4, -0.2) is 79.0 Å². The van der Waals surface area contributed by atoms with E-state index in [0.717, 1.165) is 47.2 Å². The molecule has 2 aliphatic heterocycles. The molecule has 0 radical (unpaired) electrons. The number of rotatable bonds is 8. The number of carbonyl (C=O) groups excluding carboxylic acids is 1. The average Bonchev–Trinajstić information content (AvgIpc) is 2.87. The van der Waals surface area contributed by atoms with E-state index in [0.29, 0.717) is 36.9 Å². The average molecular weight is 490 g/mol. The van der Waals surface area contributed by atoms with Crippen LogP contribution >= 0.6 is 0 Å². The van der Waals surface area contributed by atoms with Gasteiger partial charge in [0, 0.05) is 86.2 Å². The van der Waals surface area contributed by atoms with Gasteiger partial charge in [-0.05, 0) is 29.1 Å². The monoisotopic (exact) mass is 489 g/mol. The third-order valence-corrected chi connectivity index (χ3v) is 6.32. The number of ether oxygens (including phenoxy) is 1. The lowest BCUT2D eigenvalue weighted by Gasteiger charge is -2.30. The van der Waals surface area contributed by atoms with Crippen LogP contribution in [0.1, 0.15) is 15.9 Å². The second-order valence-corrected chi connectivity index (χ2v) is 8.79. The predicted octanol–water partition coefficient (Wildman–Crippen LogP) is 2.47. The number of anilines is 1. The molecule has 0 atom stereocenters. The molecule has 9 nitrogen and oxygen atoms in total. The highest BCUT2D eigenvalue weighted by atomic mass is 19.1. The number of aromatic nitrogens is 2. The molecule has 36 heavy (non-hydrogen) atoms. The lowest BCUT2D eigenvalue weighted by molar-refractivity contribution is 0.102. The zero-order valence-electron chi connectivity index (χ0n) is 19.8. The summed E-state index contributed by atoms with van der Waals surface area (Å²) in [7, 11) is 0. The first kappa shape index (κ1) is 23.8. The zero-order valence-corrected chi connectivity index (χ0v) is 19.8. The van der Waals surface area contributed by atoms with Gasteiger partial charge >= 0.3 is 0 Å². The van der Waals surface area contributed by atoms with Crippen molar-refractivity contribution in [1.29, 1.82) is 5.41 Å². The van der Waals surface area contributed by atoms with Crippen molar-refractivity contribution in [3.05, 3.63) is 65.6 Å². The maximum Gasteiger partial charge on any atom is 0.257 e. The number of pyridine rings is 2. The standard InChI is InChI=1S/C26H28FN7O2/c27-4-7-34-8-6-30-23(16-34)22(12-28)17-1-2-19-13-32-24(10-20(19)9-17)33-26(35)18-3-5-31-25(11-18)36-21-14-29-15-21/h1-3,5,9-13,21,28-30H,4,6-8,14-16H2,(H,32,33,35)/b23-22+,28-12?. The third kappa shape index (κ3) is 5.34. The minimum atomic E-state index is -0.392. The largest absolute Gasteiger partial charge is 0.472 e. The van der Waals surface area contributed by atoms with Crippen LogP contribution in [0.25, 0.3) is 16.3 Å². The van der Waals surface area contributed by atoms with Gasteiger partial charge in [0.25, 0.3) is 5.91 Å². The van der Waals surface area contributed by atoms with E-state index in [4.69, 9.17) is 10.1 Å². The molecule has 4 N–H and O–H groups in total. The Bertz CT molecular complexity index is 1310. The number of halogens is 1. The van der Waals surface area contributed by atoms with Crippen molar-refractivity contribution in [3.63, 3.8) is 0 Å². The number of benzene rings is 1. The molecule has 10 heteroatoms. The molecule has 0 bridgehead atoms. The van der Waals surface area contributed by atoms with Crippen molar-refractivity contribution < 1.29 is 13.9 Å². The number of allylic oxidation sites excluding steroid dienone is 1. The van der Waals surface area contributed by atoms with Crippen LogP contribution in [0, 0.1) is 5.41 Å². The minimum Gasteiger partial charge on any atom is -0.472 e. The van der Waals surface area contributed by atoms with E-state index in [1.807, 2.05) is 29.2 Å². The Balaban J connectivity index is 1.36. The Morgan fingerprint density at radius 2 is 2.08 bits per heavy atom. The second-order valence-electron chi connectivity index (χ2n) is 8.79. The first-order valence-corrected chi connectivity index (χ1v) is 11.9. The molecule has 1 aromatic carbocycles. The Labute approximate surface area is 208 Å². The number of hydrogen-bond donors (Lipinski definition) is 4. The molecule has 4 heterocycles. The summed E-state index contributed by atoms with van der Waals surface area (Å²) in [6.07, 6.45) is 4.66. The first-order valence-electron chi connectivity index (χ1n) is 11.9. The molecule has 0 saturated carbocycles. The highest BCUT2D eigenvalue weighted by molar-refractivity contribution is 6.11. The third-order valence-electron chi connectivity index (χ3n) is 6.32. The summed E-state index contributed by atoms with van der Waals surface area (Å²) in [5.74, 6) is 0.526. The molecule has 2 fully saturated rings. The molecule has 2 aromatic heterocycles. The predicted molar refractivity (Wildman–Crippen MR) is 137 cm³/mol. The van der Waals surface area contributed by atoms with Gasteiger partial charge in [-0.1, -0.05) is 12.1 Å². The zero-order chi connectivity index (χ0) is 24.9. The Morgan fingerprint density at radius 1 is 1.19 bits per heavy atom. The van der Waals surface area contributed by atoms with Crippen LogP contribution in [0.15, 0.2) is 54.5 Å². The molecule has 0 aliphatic carbocycles. The van der Waals surface area contributed by atoms with Crippen LogP contribution in [0.2, 0.25) is 0 Å². The second kappa shape index (κ2) is 10.8. The summed E-state index contributed by atoms with van der Waals surface area (Å²) < 4.78 is 18.6. The highest BCUT2D eigenvalue weighted by Gasteiger charge is 2.20. The number of hydrogen-bond acceptors (Lipinski definition) is 8. The highest BCUT2D eigenvalue weighted by Crippen LogP contribution is 2.25. The fraction of sp³-hybridized carbons (Fsp3) is 0.308. The van der Waals surface area contributed by atoms with E-state index < -0.39 is 6.67 Å². The summed E-state index contributed by atoms with van der Waals surface area (Å²) >= 11 is 0. The van der Waals surface area contributed by atoms with Gasteiger partial charge in [-0.3, -0.25) is 9.69 Å². The minimum absolute atomic E-state index is 0.0727. The van der Waals surface area contributed by atoms with Gasteiger partial charge < -0.3 is 26.1 Å². The molecule has 0 spiro atoms. The normalized spacial score (nSPS) is 17.7. The van der Waals surface area contributed by atoms with Crippen molar-refractivity contribution in [3.8, 4) is 5.88 Å². The number of nitrogens with zero attached hydrogens (tertiary/aromatic N) is 3. The molecule has 186 valence electrons. The van der Waals surface area contributed by atoms with E-state index >= 15 is 0 Å². The molecule has 3 aromatic rings. The summed E-state index contributed by atoms with van der Waals surface area (Å²) in [5, 5.41) is 19.1. The summed E-state index contributed by atoms with van der Waals surface area (Å²) in [6.45, 7) is 3.57. The van der Waals surface area contributed by atoms with Crippen molar-refractivity contribution in [2.45, 2.75) is 6.10 Å². The number of amides is 1. The smallest absolute Gasteiger partial charge is 0.257 e. The number of nitrogens with one attached hydrogen (secondary N) is 4. The van der Waals surface area contributed by atoms with Gasteiger partial charge in [0.2, 0.25) is 5.88 Å². The quantitative estimate of drug-likeness (QED) is 0.359. The Hall–Kier alpha value is -3.89. The SMILES string of the molecule is N=C/C(=C1/CN(CCF)CCN1)c1ccc2cnc(NC(=O)c3ccnc(OC4CNC4)c3)cc2c1. The summed E-state index contributed by atoms with van der Waals surface area (Å²) in [5.41, 5.74) is 2.96. The number of fused-ring (bicyclic) bond motifs is 1.